The molecule has 1 aromatic carbocycles. The standard InChI is InChI=1S/C13H17F2N/c14-12(15)10-3-5-11(6-4-10)13(9-16)7-1-2-8-13/h3-6,12H,1-2,7-9,16H2. The Bertz CT molecular complexity index is 339. The van der Waals surface area contributed by atoms with E-state index in [9.17, 15) is 8.78 Å². The number of rotatable bonds is 3. The van der Waals surface area contributed by atoms with Crippen LogP contribution in [0.15, 0.2) is 24.3 Å². The number of benzene rings is 1. The van der Waals surface area contributed by atoms with Crippen LogP contribution in [0.25, 0.3) is 0 Å². The van der Waals surface area contributed by atoms with Crippen molar-refractivity contribution in [1.82, 2.24) is 0 Å². The number of hydrogen-bond acceptors (Lipinski definition) is 1. The van der Waals surface area contributed by atoms with E-state index in [0.29, 0.717) is 6.54 Å². The predicted octanol–water partition coefficient (Wildman–Crippen LogP) is 3.39. The van der Waals surface area contributed by atoms with Gasteiger partial charge in [-0.1, -0.05) is 37.1 Å². The van der Waals surface area contributed by atoms with Crippen LogP contribution in [0.5, 0.6) is 0 Å². The van der Waals surface area contributed by atoms with E-state index >= 15 is 0 Å². The van der Waals surface area contributed by atoms with Crippen LogP contribution < -0.4 is 5.73 Å². The fourth-order valence-electron chi connectivity index (χ4n) is 2.64. The molecule has 16 heavy (non-hydrogen) atoms. The molecule has 0 radical (unpaired) electrons. The summed E-state index contributed by atoms with van der Waals surface area (Å²) in [6.45, 7) is 0.612. The Hall–Kier alpha value is -0.960. The second-order valence-electron chi connectivity index (χ2n) is 4.61. The predicted molar refractivity (Wildman–Crippen MR) is 60.6 cm³/mol. The van der Waals surface area contributed by atoms with Crippen LogP contribution in [-0.4, -0.2) is 6.54 Å². The number of nitrogens with two attached hydrogens (primary N) is 1. The average Bonchev–Trinajstić information content (AvgIpc) is 2.79. The highest BCUT2D eigenvalue weighted by atomic mass is 19.3. The van der Waals surface area contributed by atoms with Gasteiger partial charge in [0.05, 0.1) is 0 Å². The van der Waals surface area contributed by atoms with E-state index in [4.69, 9.17) is 5.73 Å². The lowest BCUT2D eigenvalue weighted by Gasteiger charge is -2.28. The minimum absolute atomic E-state index is 0.0423. The number of halogens is 2. The van der Waals surface area contributed by atoms with E-state index in [1.807, 2.05) is 12.1 Å². The van der Waals surface area contributed by atoms with Crippen LogP contribution >= 0.6 is 0 Å². The molecule has 1 aliphatic rings. The molecule has 0 aromatic heterocycles. The van der Waals surface area contributed by atoms with Crippen molar-refractivity contribution >= 4 is 0 Å². The van der Waals surface area contributed by atoms with Crippen molar-refractivity contribution in [3.63, 3.8) is 0 Å². The minimum Gasteiger partial charge on any atom is -0.330 e. The molecule has 1 nitrogen and oxygen atoms in total. The molecule has 2 rings (SSSR count). The van der Waals surface area contributed by atoms with Gasteiger partial charge in [0.15, 0.2) is 0 Å². The molecule has 0 saturated heterocycles. The van der Waals surface area contributed by atoms with Crippen molar-refractivity contribution < 1.29 is 8.78 Å². The Kier molecular flexibility index (Phi) is 3.24. The largest absolute Gasteiger partial charge is 0.330 e. The Balaban J connectivity index is 2.26. The second-order valence-corrected chi connectivity index (χ2v) is 4.61. The van der Waals surface area contributed by atoms with E-state index in [1.54, 1.807) is 0 Å². The molecule has 3 heteroatoms. The van der Waals surface area contributed by atoms with Crippen LogP contribution in [-0.2, 0) is 5.41 Å². The first-order valence-corrected chi connectivity index (χ1v) is 5.77. The number of hydrogen-bond donors (Lipinski definition) is 1. The fraction of sp³-hybridized carbons (Fsp3) is 0.538. The molecule has 1 aliphatic carbocycles. The summed E-state index contributed by atoms with van der Waals surface area (Å²) >= 11 is 0. The van der Waals surface area contributed by atoms with Gasteiger partial charge in [-0.3, -0.25) is 0 Å². The van der Waals surface area contributed by atoms with Crippen molar-refractivity contribution in [2.24, 2.45) is 5.73 Å². The lowest BCUT2D eigenvalue weighted by atomic mass is 9.79. The molecule has 0 unspecified atom stereocenters. The van der Waals surface area contributed by atoms with Gasteiger partial charge in [0.1, 0.15) is 0 Å². The summed E-state index contributed by atoms with van der Waals surface area (Å²) in [5.74, 6) is 0. The molecular formula is C13H17F2N. The third kappa shape index (κ3) is 1.96. The third-order valence-corrected chi connectivity index (χ3v) is 3.73. The Labute approximate surface area is 94.7 Å². The Morgan fingerprint density at radius 3 is 2.12 bits per heavy atom. The van der Waals surface area contributed by atoms with Gasteiger partial charge in [0, 0.05) is 17.5 Å². The molecule has 0 heterocycles. The molecule has 0 spiro atoms. The monoisotopic (exact) mass is 225 g/mol. The summed E-state index contributed by atoms with van der Waals surface area (Å²) < 4.78 is 24.9. The van der Waals surface area contributed by atoms with E-state index in [-0.39, 0.29) is 11.0 Å². The van der Waals surface area contributed by atoms with Crippen LogP contribution in [0.1, 0.15) is 43.2 Å². The highest BCUT2D eigenvalue weighted by Crippen LogP contribution is 2.40. The first-order chi connectivity index (χ1) is 7.68. The first kappa shape index (κ1) is 11.5. The van der Waals surface area contributed by atoms with E-state index in [2.05, 4.69) is 0 Å². The lowest BCUT2D eigenvalue weighted by Crippen LogP contribution is -2.31. The molecule has 0 aliphatic heterocycles. The second kappa shape index (κ2) is 4.50. The molecule has 1 fully saturated rings. The molecule has 1 saturated carbocycles. The Morgan fingerprint density at radius 1 is 1.12 bits per heavy atom. The maximum atomic E-state index is 12.4. The normalized spacial score (nSPS) is 19.2. The zero-order valence-electron chi connectivity index (χ0n) is 9.26. The molecule has 0 amide bonds. The van der Waals surface area contributed by atoms with Crippen molar-refractivity contribution in [2.75, 3.05) is 6.54 Å². The summed E-state index contributed by atoms with van der Waals surface area (Å²) in [6.07, 6.45) is 2.16. The van der Waals surface area contributed by atoms with E-state index < -0.39 is 6.43 Å². The average molecular weight is 225 g/mol. The van der Waals surface area contributed by atoms with Gasteiger partial charge < -0.3 is 5.73 Å². The summed E-state index contributed by atoms with van der Waals surface area (Å²) in [5, 5.41) is 0. The van der Waals surface area contributed by atoms with Crippen molar-refractivity contribution in [3.8, 4) is 0 Å². The topological polar surface area (TPSA) is 26.0 Å². The molecule has 1 aromatic rings. The van der Waals surface area contributed by atoms with Gasteiger partial charge in [-0.15, -0.1) is 0 Å². The van der Waals surface area contributed by atoms with Crippen LogP contribution in [0.4, 0.5) is 8.78 Å². The van der Waals surface area contributed by atoms with Gasteiger partial charge in [0.25, 0.3) is 6.43 Å². The highest BCUT2D eigenvalue weighted by molar-refractivity contribution is 5.31. The molecule has 0 atom stereocenters. The molecular weight excluding hydrogens is 208 g/mol. The van der Waals surface area contributed by atoms with Crippen molar-refractivity contribution in [2.45, 2.75) is 37.5 Å². The summed E-state index contributed by atoms with van der Waals surface area (Å²) in [5.41, 5.74) is 7.11. The summed E-state index contributed by atoms with van der Waals surface area (Å²) in [7, 11) is 0. The maximum Gasteiger partial charge on any atom is 0.263 e. The fourth-order valence-corrected chi connectivity index (χ4v) is 2.64. The highest BCUT2D eigenvalue weighted by Gasteiger charge is 2.34. The molecule has 0 bridgehead atoms. The Morgan fingerprint density at radius 2 is 1.69 bits per heavy atom. The first-order valence-electron chi connectivity index (χ1n) is 5.77. The SMILES string of the molecule is NCC1(c2ccc(C(F)F)cc2)CCCC1. The van der Waals surface area contributed by atoms with E-state index in [1.165, 1.54) is 25.0 Å². The van der Waals surface area contributed by atoms with Gasteiger partial charge in [0.2, 0.25) is 0 Å². The summed E-state index contributed by atoms with van der Waals surface area (Å²) in [4.78, 5) is 0. The minimum atomic E-state index is -2.38. The third-order valence-electron chi connectivity index (χ3n) is 3.73. The van der Waals surface area contributed by atoms with Crippen molar-refractivity contribution in [1.29, 1.82) is 0 Å². The van der Waals surface area contributed by atoms with Gasteiger partial charge in [-0.05, 0) is 18.4 Å². The molecule has 2 N–H and O–H groups in total. The van der Waals surface area contributed by atoms with E-state index in [0.717, 1.165) is 18.4 Å². The lowest BCUT2D eigenvalue weighted by molar-refractivity contribution is 0.151. The number of alkyl halides is 2. The smallest absolute Gasteiger partial charge is 0.263 e. The van der Waals surface area contributed by atoms with Crippen molar-refractivity contribution in [3.05, 3.63) is 35.4 Å². The quantitative estimate of drug-likeness (QED) is 0.838. The van der Waals surface area contributed by atoms with Crippen LogP contribution in [0.2, 0.25) is 0 Å². The van der Waals surface area contributed by atoms with Gasteiger partial charge in [-0.2, -0.15) is 0 Å². The van der Waals surface area contributed by atoms with Gasteiger partial charge >= 0.3 is 0 Å². The maximum absolute atomic E-state index is 12.4. The summed E-state index contributed by atoms with van der Waals surface area (Å²) in [6, 6.07) is 6.69. The molecule has 88 valence electrons. The zero-order valence-corrected chi connectivity index (χ0v) is 9.26. The van der Waals surface area contributed by atoms with Crippen LogP contribution in [0.3, 0.4) is 0 Å². The van der Waals surface area contributed by atoms with Gasteiger partial charge in [-0.25, -0.2) is 8.78 Å². The van der Waals surface area contributed by atoms with Crippen LogP contribution in [0, 0.1) is 0 Å². The zero-order chi connectivity index (χ0) is 11.6.